The second-order valence-electron chi connectivity index (χ2n) is 4.18. The average Bonchev–Trinajstić information content (AvgIpc) is 2.34. The summed E-state index contributed by atoms with van der Waals surface area (Å²) in [6, 6.07) is 8.61. The van der Waals surface area contributed by atoms with E-state index in [-0.39, 0.29) is 0 Å². The molecule has 0 bridgehead atoms. The van der Waals surface area contributed by atoms with Crippen molar-refractivity contribution in [2.75, 3.05) is 19.9 Å². The molecule has 2 nitrogen and oxygen atoms in total. The standard InChI is InChI=1S/C13H18ClNO/c1-2-13(15-8-3-9-16-10-15)11-4-6-12(14)7-5-11/h4-7,13H,2-3,8-10H2,1H3. The summed E-state index contributed by atoms with van der Waals surface area (Å²) in [5, 5.41) is 0.800. The van der Waals surface area contributed by atoms with Crippen LogP contribution in [0.5, 0.6) is 0 Å². The smallest absolute Gasteiger partial charge is 0.0995 e. The Morgan fingerprint density at radius 3 is 2.69 bits per heavy atom. The minimum Gasteiger partial charge on any atom is -0.366 e. The van der Waals surface area contributed by atoms with Crippen LogP contribution >= 0.6 is 11.6 Å². The highest BCUT2D eigenvalue weighted by atomic mass is 35.5. The van der Waals surface area contributed by atoms with Gasteiger partial charge in [0.15, 0.2) is 0 Å². The SMILES string of the molecule is CCC(c1ccc(Cl)cc1)N1CCCOC1. The molecule has 0 aliphatic carbocycles. The van der Waals surface area contributed by atoms with Crippen LogP contribution in [0.2, 0.25) is 5.02 Å². The van der Waals surface area contributed by atoms with Gasteiger partial charge in [0.1, 0.15) is 0 Å². The van der Waals surface area contributed by atoms with Crippen LogP contribution in [0.3, 0.4) is 0 Å². The second-order valence-corrected chi connectivity index (χ2v) is 4.62. The summed E-state index contributed by atoms with van der Waals surface area (Å²) < 4.78 is 5.51. The molecule has 88 valence electrons. The maximum absolute atomic E-state index is 5.91. The molecular formula is C13H18ClNO. The van der Waals surface area contributed by atoms with Gasteiger partial charge in [0.05, 0.1) is 6.73 Å². The van der Waals surface area contributed by atoms with Gasteiger partial charge in [-0.05, 0) is 30.5 Å². The zero-order chi connectivity index (χ0) is 11.4. The van der Waals surface area contributed by atoms with Crippen molar-refractivity contribution in [3.63, 3.8) is 0 Å². The molecule has 0 aromatic heterocycles. The van der Waals surface area contributed by atoms with Gasteiger partial charge >= 0.3 is 0 Å². The second kappa shape index (κ2) is 5.67. The number of benzene rings is 1. The fourth-order valence-electron chi connectivity index (χ4n) is 2.25. The van der Waals surface area contributed by atoms with Crippen LogP contribution in [0.1, 0.15) is 31.4 Å². The molecule has 0 spiro atoms. The van der Waals surface area contributed by atoms with Crippen molar-refractivity contribution in [2.45, 2.75) is 25.8 Å². The Kier molecular flexibility index (Phi) is 4.22. The van der Waals surface area contributed by atoms with Crippen LogP contribution in [-0.2, 0) is 4.74 Å². The van der Waals surface area contributed by atoms with Gasteiger partial charge in [0, 0.05) is 24.2 Å². The van der Waals surface area contributed by atoms with E-state index < -0.39 is 0 Å². The highest BCUT2D eigenvalue weighted by molar-refractivity contribution is 6.30. The van der Waals surface area contributed by atoms with Gasteiger partial charge < -0.3 is 4.74 Å². The number of rotatable bonds is 3. The minimum absolute atomic E-state index is 0.456. The first-order valence-electron chi connectivity index (χ1n) is 5.88. The predicted octanol–water partition coefficient (Wildman–Crippen LogP) is 3.47. The van der Waals surface area contributed by atoms with Gasteiger partial charge in [-0.15, -0.1) is 0 Å². The summed E-state index contributed by atoms with van der Waals surface area (Å²) >= 11 is 5.91. The molecular weight excluding hydrogens is 222 g/mol. The van der Waals surface area contributed by atoms with E-state index in [4.69, 9.17) is 16.3 Å². The summed E-state index contributed by atoms with van der Waals surface area (Å²) in [7, 11) is 0. The lowest BCUT2D eigenvalue weighted by Gasteiger charge is -2.34. The molecule has 1 aliphatic heterocycles. The summed E-state index contributed by atoms with van der Waals surface area (Å²) in [5.41, 5.74) is 1.33. The van der Waals surface area contributed by atoms with Crippen molar-refractivity contribution < 1.29 is 4.74 Å². The Labute approximate surface area is 102 Å². The quantitative estimate of drug-likeness (QED) is 0.801. The minimum atomic E-state index is 0.456. The molecule has 16 heavy (non-hydrogen) atoms. The number of ether oxygens (including phenoxy) is 1. The van der Waals surface area contributed by atoms with Crippen LogP contribution in [-0.4, -0.2) is 24.8 Å². The van der Waals surface area contributed by atoms with E-state index in [1.807, 2.05) is 12.1 Å². The van der Waals surface area contributed by atoms with Gasteiger partial charge in [0.2, 0.25) is 0 Å². The molecule has 1 unspecified atom stereocenters. The van der Waals surface area contributed by atoms with Crippen molar-refractivity contribution in [3.05, 3.63) is 34.9 Å². The van der Waals surface area contributed by atoms with Crippen molar-refractivity contribution in [1.82, 2.24) is 4.90 Å². The molecule has 0 amide bonds. The highest BCUT2D eigenvalue weighted by Crippen LogP contribution is 2.26. The maximum atomic E-state index is 5.91. The van der Waals surface area contributed by atoms with Crippen LogP contribution in [0, 0.1) is 0 Å². The number of nitrogens with zero attached hydrogens (tertiary/aromatic N) is 1. The molecule has 1 aliphatic rings. The van der Waals surface area contributed by atoms with Crippen LogP contribution in [0.4, 0.5) is 0 Å². The third-order valence-electron chi connectivity index (χ3n) is 3.07. The van der Waals surface area contributed by atoms with E-state index in [0.29, 0.717) is 6.04 Å². The molecule has 2 rings (SSSR count). The van der Waals surface area contributed by atoms with E-state index in [0.717, 1.165) is 37.7 Å². The van der Waals surface area contributed by atoms with Crippen LogP contribution in [0.25, 0.3) is 0 Å². The molecule has 1 heterocycles. The van der Waals surface area contributed by atoms with Gasteiger partial charge in [-0.1, -0.05) is 30.7 Å². The van der Waals surface area contributed by atoms with Gasteiger partial charge in [-0.25, -0.2) is 0 Å². The maximum Gasteiger partial charge on any atom is 0.0995 e. The predicted molar refractivity (Wildman–Crippen MR) is 66.6 cm³/mol. The van der Waals surface area contributed by atoms with Crippen molar-refractivity contribution in [1.29, 1.82) is 0 Å². The third kappa shape index (κ3) is 2.76. The Balaban J connectivity index is 2.11. The Hall–Kier alpha value is -0.570. The molecule has 0 saturated carbocycles. The first kappa shape index (κ1) is 11.9. The van der Waals surface area contributed by atoms with E-state index in [1.165, 1.54) is 5.56 Å². The molecule has 1 atom stereocenters. The molecule has 1 aromatic rings. The van der Waals surface area contributed by atoms with Crippen molar-refractivity contribution in [2.24, 2.45) is 0 Å². The van der Waals surface area contributed by atoms with E-state index in [2.05, 4.69) is 24.0 Å². The largest absolute Gasteiger partial charge is 0.366 e. The third-order valence-corrected chi connectivity index (χ3v) is 3.33. The Morgan fingerprint density at radius 1 is 1.38 bits per heavy atom. The Morgan fingerprint density at radius 2 is 2.12 bits per heavy atom. The first-order chi connectivity index (χ1) is 7.81. The summed E-state index contributed by atoms with van der Waals surface area (Å²) in [4.78, 5) is 2.40. The molecule has 0 radical (unpaired) electrons. The van der Waals surface area contributed by atoms with Crippen LogP contribution in [0.15, 0.2) is 24.3 Å². The number of hydrogen-bond acceptors (Lipinski definition) is 2. The van der Waals surface area contributed by atoms with Gasteiger partial charge in [-0.2, -0.15) is 0 Å². The molecule has 3 heteroatoms. The lowest BCUT2D eigenvalue weighted by molar-refractivity contribution is -0.0374. The van der Waals surface area contributed by atoms with Crippen molar-refractivity contribution >= 4 is 11.6 Å². The monoisotopic (exact) mass is 239 g/mol. The lowest BCUT2D eigenvalue weighted by Crippen LogP contribution is -2.36. The van der Waals surface area contributed by atoms with Crippen LogP contribution < -0.4 is 0 Å². The van der Waals surface area contributed by atoms with Gasteiger partial charge in [-0.3, -0.25) is 4.90 Å². The van der Waals surface area contributed by atoms with E-state index in [9.17, 15) is 0 Å². The molecule has 1 saturated heterocycles. The number of halogens is 1. The molecule has 1 fully saturated rings. The normalized spacial score (nSPS) is 19.6. The number of hydrogen-bond donors (Lipinski definition) is 0. The topological polar surface area (TPSA) is 12.5 Å². The van der Waals surface area contributed by atoms with E-state index in [1.54, 1.807) is 0 Å². The fourth-order valence-corrected chi connectivity index (χ4v) is 2.38. The first-order valence-corrected chi connectivity index (χ1v) is 6.26. The zero-order valence-corrected chi connectivity index (χ0v) is 10.4. The van der Waals surface area contributed by atoms with Crippen molar-refractivity contribution in [3.8, 4) is 0 Å². The zero-order valence-electron chi connectivity index (χ0n) is 9.66. The fraction of sp³-hybridized carbons (Fsp3) is 0.538. The van der Waals surface area contributed by atoms with Gasteiger partial charge in [0.25, 0.3) is 0 Å². The summed E-state index contributed by atoms with van der Waals surface area (Å²) in [5.74, 6) is 0. The Bertz CT molecular complexity index is 319. The van der Waals surface area contributed by atoms with E-state index >= 15 is 0 Å². The molecule has 1 aromatic carbocycles. The lowest BCUT2D eigenvalue weighted by atomic mass is 10.0. The summed E-state index contributed by atoms with van der Waals surface area (Å²) in [6.07, 6.45) is 2.23. The summed E-state index contributed by atoms with van der Waals surface area (Å²) in [6.45, 7) is 4.99. The average molecular weight is 240 g/mol. The highest BCUT2D eigenvalue weighted by Gasteiger charge is 2.20. The molecule has 0 N–H and O–H groups in total.